The lowest BCUT2D eigenvalue weighted by Gasteiger charge is -2.38. The molecule has 16 heavy (non-hydrogen) atoms. The molecule has 0 saturated heterocycles. The Morgan fingerprint density at radius 2 is 2.12 bits per heavy atom. The van der Waals surface area contributed by atoms with Crippen LogP contribution in [0.4, 0.5) is 0 Å². The number of rotatable bonds is 5. The minimum Gasteiger partial charge on any atom is -0.395 e. The zero-order valence-corrected chi connectivity index (χ0v) is 11.4. The number of hydrogen-bond acceptors (Lipinski definition) is 2. The van der Waals surface area contributed by atoms with Crippen molar-refractivity contribution >= 4 is 0 Å². The van der Waals surface area contributed by atoms with E-state index in [1.54, 1.807) is 0 Å². The Morgan fingerprint density at radius 3 is 2.62 bits per heavy atom. The van der Waals surface area contributed by atoms with E-state index < -0.39 is 0 Å². The van der Waals surface area contributed by atoms with Crippen LogP contribution in [0.1, 0.15) is 59.8 Å². The van der Waals surface area contributed by atoms with Gasteiger partial charge in [-0.05, 0) is 30.6 Å². The van der Waals surface area contributed by atoms with Crippen molar-refractivity contribution in [3.05, 3.63) is 0 Å². The van der Waals surface area contributed by atoms with Crippen molar-refractivity contribution in [3.63, 3.8) is 0 Å². The lowest BCUT2D eigenvalue weighted by atomic mass is 9.75. The van der Waals surface area contributed by atoms with E-state index in [0.29, 0.717) is 17.4 Å². The monoisotopic (exact) mass is 227 g/mol. The summed E-state index contributed by atoms with van der Waals surface area (Å²) in [5.74, 6) is 0.565. The van der Waals surface area contributed by atoms with E-state index >= 15 is 0 Å². The van der Waals surface area contributed by atoms with Gasteiger partial charge in [-0.25, -0.2) is 0 Å². The maximum Gasteiger partial charge on any atom is 0.0587 e. The molecular weight excluding hydrogens is 198 g/mol. The maximum absolute atomic E-state index is 9.43. The second-order valence-electron chi connectivity index (χ2n) is 6.30. The van der Waals surface area contributed by atoms with Crippen LogP contribution < -0.4 is 5.32 Å². The predicted octanol–water partition coefficient (Wildman–Crippen LogP) is 2.95. The average molecular weight is 227 g/mol. The summed E-state index contributed by atoms with van der Waals surface area (Å²) in [6, 6.07) is 0.888. The van der Waals surface area contributed by atoms with Crippen molar-refractivity contribution in [1.82, 2.24) is 5.32 Å². The van der Waals surface area contributed by atoms with Gasteiger partial charge in [0, 0.05) is 12.1 Å². The van der Waals surface area contributed by atoms with Crippen LogP contribution in [0.25, 0.3) is 0 Å². The Labute approximate surface area is 101 Å². The molecule has 0 heterocycles. The Balaban J connectivity index is 2.45. The predicted molar refractivity (Wildman–Crippen MR) is 69.5 cm³/mol. The lowest BCUT2D eigenvalue weighted by molar-refractivity contribution is 0.144. The standard InChI is InChI=1S/C14H29NO/c1-5-11(2)13(10-16)15-12-7-6-8-14(3,4)9-12/h11-13,15-16H,5-10H2,1-4H3. The van der Waals surface area contributed by atoms with Crippen LogP contribution in [0, 0.1) is 11.3 Å². The first kappa shape index (κ1) is 14.0. The third-order valence-corrected chi connectivity index (χ3v) is 4.18. The van der Waals surface area contributed by atoms with Gasteiger partial charge in [0.15, 0.2) is 0 Å². The molecule has 1 saturated carbocycles. The number of aliphatic hydroxyl groups excluding tert-OH is 1. The molecule has 1 rings (SSSR count). The molecule has 0 amide bonds. The summed E-state index contributed by atoms with van der Waals surface area (Å²) in [4.78, 5) is 0. The minimum absolute atomic E-state index is 0.270. The summed E-state index contributed by atoms with van der Waals surface area (Å²) in [6.07, 6.45) is 6.33. The van der Waals surface area contributed by atoms with Gasteiger partial charge in [0.25, 0.3) is 0 Å². The van der Waals surface area contributed by atoms with Crippen LogP contribution in [0.5, 0.6) is 0 Å². The van der Waals surface area contributed by atoms with E-state index in [2.05, 4.69) is 33.0 Å². The van der Waals surface area contributed by atoms with Crippen LogP contribution in [0.3, 0.4) is 0 Å². The molecule has 2 N–H and O–H groups in total. The molecule has 3 unspecified atom stereocenters. The first-order chi connectivity index (χ1) is 7.48. The van der Waals surface area contributed by atoms with Crippen molar-refractivity contribution in [2.75, 3.05) is 6.61 Å². The zero-order chi connectivity index (χ0) is 12.2. The van der Waals surface area contributed by atoms with Gasteiger partial charge in [-0.1, -0.05) is 40.5 Å². The Kier molecular flexibility index (Phi) is 5.26. The molecule has 1 fully saturated rings. The number of aliphatic hydroxyl groups is 1. The summed E-state index contributed by atoms with van der Waals surface area (Å²) in [7, 11) is 0. The maximum atomic E-state index is 9.43. The third-order valence-electron chi connectivity index (χ3n) is 4.18. The smallest absolute Gasteiger partial charge is 0.0587 e. The fourth-order valence-corrected chi connectivity index (χ4v) is 2.82. The molecule has 0 bridgehead atoms. The molecule has 0 aromatic rings. The van der Waals surface area contributed by atoms with Crippen LogP contribution in [-0.2, 0) is 0 Å². The second kappa shape index (κ2) is 6.02. The van der Waals surface area contributed by atoms with Crippen LogP contribution in [-0.4, -0.2) is 23.8 Å². The Morgan fingerprint density at radius 1 is 1.44 bits per heavy atom. The quantitative estimate of drug-likeness (QED) is 0.757. The molecule has 0 aliphatic heterocycles. The Bertz CT molecular complexity index is 203. The fourth-order valence-electron chi connectivity index (χ4n) is 2.82. The van der Waals surface area contributed by atoms with Gasteiger partial charge < -0.3 is 10.4 Å². The fraction of sp³-hybridized carbons (Fsp3) is 1.00. The highest BCUT2D eigenvalue weighted by molar-refractivity contribution is 4.86. The molecule has 0 aromatic carbocycles. The van der Waals surface area contributed by atoms with E-state index in [4.69, 9.17) is 0 Å². The van der Waals surface area contributed by atoms with Crippen LogP contribution in [0.15, 0.2) is 0 Å². The van der Waals surface area contributed by atoms with Gasteiger partial charge in [0.05, 0.1) is 6.61 Å². The average Bonchev–Trinajstić information content (AvgIpc) is 2.23. The van der Waals surface area contributed by atoms with E-state index in [1.807, 2.05) is 0 Å². The summed E-state index contributed by atoms with van der Waals surface area (Å²) in [6.45, 7) is 9.41. The summed E-state index contributed by atoms with van der Waals surface area (Å²) in [5, 5.41) is 13.1. The van der Waals surface area contributed by atoms with Crippen molar-refractivity contribution in [2.45, 2.75) is 71.9 Å². The first-order valence-corrected chi connectivity index (χ1v) is 6.85. The molecule has 0 aromatic heterocycles. The molecule has 2 nitrogen and oxygen atoms in total. The summed E-state index contributed by atoms with van der Waals surface area (Å²) in [5.41, 5.74) is 0.478. The Hall–Kier alpha value is -0.0800. The molecular formula is C14H29NO. The molecule has 1 aliphatic carbocycles. The number of nitrogens with one attached hydrogen (secondary N) is 1. The highest BCUT2D eigenvalue weighted by Gasteiger charge is 2.29. The minimum atomic E-state index is 0.270. The summed E-state index contributed by atoms with van der Waals surface area (Å²) < 4.78 is 0. The van der Waals surface area contributed by atoms with E-state index in [1.165, 1.54) is 25.7 Å². The van der Waals surface area contributed by atoms with Crippen molar-refractivity contribution < 1.29 is 5.11 Å². The third kappa shape index (κ3) is 4.06. The molecule has 0 radical (unpaired) electrons. The van der Waals surface area contributed by atoms with Crippen LogP contribution >= 0.6 is 0 Å². The zero-order valence-electron chi connectivity index (χ0n) is 11.4. The van der Waals surface area contributed by atoms with Gasteiger partial charge in [-0.15, -0.1) is 0 Å². The highest BCUT2D eigenvalue weighted by Crippen LogP contribution is 2.35. The lowest BCUT2D eigenvalue weighted by Crippen LogP contribution is -2.47. The molecule has 2 heteroatoms. The van der Waals surface area contributed by atoms with Gasteiger partial charge in [-0.2, -0.15) is 0 Å². The van der Waals surface area contributed by atoms with Crippen molar-refractivity contribution in [2.24, 2.45) is 11.3 Å². The van der Waals surface area contributed by atoms with Gasteiger partial charge >= 0.3 is 0 Å². The van der Waals surface area contributed by atoms with E-state index in [-0.39, 0.29) is 12.6 Å². The van der Waals surface area contributed by atoms with Crippen molar-refractivity contribution in [3.8, 4) is 0 Å². The van der Waals surface area contributed by atoms with E-state index in [9.17, 15) is 5.11 Å². The molecule has 0 spiro atoms. The molecule has 3 atom stereocenters. The molecule has 96 valence electrons. The summed E-state index contributed by atoms with van der Waals surface area (Å²) >= 11 is 0. The van der Waals surface area contributed by atoms with Gasteiger partial charge in [0.2, 0.25) is 0 Å². The highest BCUT2D eigenvalue weighted by atomic mass is 16.3. The SMILES string of the molecule is CCC(C)C(CO)NC1CCCC(C)(C)C1. The topological polar surface area (TPSA) is 32.3 Å². The largest absolute Gasteiger partial charge is 0.395 e. The second-order valence-corrected chi connectivity index (χ2v) is 6.30. The molecule has 1 aliphatic rings. The van der Waals surface area contributed by atoms with Gasteiger partial charge in [-0.3, -0.25) is 0 Å². The van der Waals surface area contributed by atoms with Gasteiger partial charge in [0.1, 0.15) is 0 Å². The van der Waals surface area contributed by atoms with E-state index in [0.717, 1.165) is 6.42 Å². The normalized spacial score (nSPS) is 28.7. The number of hydrogen-bond donors (Lipinski definition) is 2. The first-order valence-electron chi connectivity index (χ1n) is 6.85. The van der Waals surface area contributed by atoms with Crippen molar-refractivity contribution in [1.29, 1.82) is 0 Å². The van der Waals surface area contributed by atoms with Crippen LogP contribution in [0.2, 0.25) is 0 Å².